The van der Waals surface area contributed by atoms with Crippen LogP contribution in [0.1, 0.15) is 39.3 Å². The minimum absolute atomic E-state index is 0.0647. The molecule has 0 aliphatic rings. The SMILES string of the molecule is CC(C)Oc1ccc(Nc2nc(=O)n(C(C)C)c(=O)n2Cc2ccccc2Cl)cc1. The molecule has 0 aliphatic heterocycles. The fraction of sp³-hybridized carbons (Fsp3) is 0.318. The molecule has 0 unspecified atom stereocenters. The highest BCUT2D eigenvalue weighted by Gasteiger charge is 2.16. The summed E-state index contributed by atoms with van der Waals surface area (Å²) in [6, 6.07) is 14.2. The quantitative estimate of drug-likeness (QED) is 0.609. The number of anilines is 2. The second-order valence-corrected chi connectivity index (χ2v) is 7.87. The Hall–Kier alpha value is -3.06. The minimum Gasteiger partial charge on any atom is -0.491 e. The second kappa shape index (κ2) is 9.17. The Bertz CT molecular complexity index is 1130. The number of hydrogen-bond acceptors (Lipinski definition) is 5. The third-order valence-corrected chi connectivity index (χ3v) is 4.75. The predicted molar refractivity (Wildman–Crippen MR) is 119 cm³/mol. The van der Waals surface area contributed by atoms with Gasteiger partial charge in [0.2, 0.25) is 5.95 Å². The highest BCUT2D eigenvalue weighted by Crippen LogP contribution is 2.21. The van der Waals surface area contributed by atoms with Gasteiger partial charge in [-0.2, -0.15) is 4.98 Å². The number of nitrogens with zero attached hydrogens (tertiary/aromatic N) is 3. The molecule has 3 rings (SSSR count). The van der Waals surface area contributed by atoms with Crippen LogP contribution in [0.5, 0.6) is 5.75 Å². The van der Waals surface area contributed by atoms with Gasteiger partial charge in [0.05, 0.1) is 12.6 Å². The molecule has 3 aromatic rings. The van der Waals surface area contributed by atoms with Gasteiger partial charge in [0, 0.05) is 16.8 Å². The summed E-state index contributed by atoms with van der Waals surface area (Å²) in [5.41, 5.74) is 0.369. The van der Waals surface area contributed by atoms with Crippen molar-refractivity contribution in [2.75, 3.05) is 5.32 Å². The topological polar surface area (TPSA) is 78.2 Å². The zero-order valence-corrected chi connectivity index (χ0v) is 18.2. The van der Waals surface area contributed by atoms with Crippen LogP contribution in [0.25, 0.3) is 0 Å². The van der Waals surface area contributed by atoms with Crippen molar-refractivity contribution in [3.05, 3.63) is 80.1 Å². The summed E-state index contributed by atoms with van der Waals surface area (Å²) in [5, 5.41) is 3.62. The summed E-state index contributed by atoms with van der Waals surface area (Å²) in [6.45, 7) is 7.62. The summed E-state index contributed by atoms with van der Waals surface area (Å²) in [5.74, 6) is 0.881. The fourth-order valence-corrected chi connectivity index (χ4v) is 3.20. The average Bonchev–Trinajstić information content (AvgIpc) is 2.67. The second-order valence-electron chi connectivity index (χ2n) is 7.46. The lowest BCUT2D eigenvalue weighted by Gasteiger charge is -2.18. The van der Waals surface area contributed by atoms with Gasteiger partial charge in [-0.15, -0.1) is 0 Å². The molecule has 0 radical (unpaired) electrons. The van der Waals surface area contributed by atoms with E-state index in [0.717, 1.165) is 15.9 Å². The Morgan fingerprint density at radius 3 is 2.30 bits per heavy atom. The molecule has 0 spiro atoms. The zero-order valence-electron chi connectivity index (χ0n) is 17.4. The molecule has 0 bridgehead atoms. The molecule has 158 valence electrons. The van der Waals surface area contributed by atoms with Crippen molar-refractivity contribution in [3.63, 3.8) is 0 Å². The summed E-state index contributed by atoms with van der Waals surface area (Å²) < 4.78 is 8.19. The Labute approximate surface area is 179 Å². The van der Waals surface area contributed by atoms with Gasteiger partial charge in [-0.25, -0.2) is 14.2 Å². The van der Waals surface area contributed by atoms with Crippen LogP contribution in [-0.4, -0.2) is 20.2 Å². The number of halogens is 1. The van der Waals surface area contributed by atoms with E-state index < -0.39 is 11.4 Å². The van der Waals surface area contributed by atoms with Crippen LogP contribution < -0.4 is 21.4 Å². The molecule has 0 fully saturated rings. The third-order valence-electron chi connectivity index (χ3n) is 4.39. The van der Waals surface area contributed by atoms with E-state index in [1.165, 1.54) is 4.57 Å². The maximum atomic E-state index is 13.1. The molecule has 30 heavy (non-hydrogen) atoms. The van der Waals surface area contributed by atoms with E-state index in [2.05, 4.69) is 10.3 Å². The molecular weight excluding hydrogens is 404 g/mol. The normalized spacial score (nSPS) is 11.2. The van der Waals surface area contributed by atoms with Crippen molar-refractivity contribution in [1.82, 2.24) is 14.1 Å². The molecule has 0 amide bonds. The molecule has 1 aromatic heterocycles. The van der Waals surface area contributed by atoms with Crippen molar-refractivity contribution < 1.29 is 4.74 Å². The maximum absolute atomic E-state index is 13.1. The Kier molecular flexibility index (Phi) is 6.62. The lowest BCUT2D eigenvalue weighted by molar-refractivity contribution is 0.242. The number of ether oxygens (including phenoxy) is 1. The van der Waals surface area contributed by atoms with Gasteiger partial charge < -0.3 is 10.1 Å². The van der Waals surface area contributed by atoms with Crippen molar-refractivity contribution in [2.24, 2.45) is 0 Å². The predicted octanol–water partition coefficient (Wildman–Crippen LogP) is 4.22. The van der Waals surface area contributed by atoms with Crippen LogP contribution in [0.2, 0.25) is 5.02 Å². The van der Waals surface area contributed by atoms with Crippen LogP contribution in [0.3, 0.4) is 0 Å². The van der Waals surface area contributed by atoms with Crippen molar-refractivity contribution in [3.8, 4) is 5.75 Å². The third kappa shape index (κ3) is 4.91. The van der Waals surface area contributed by atoms with E-state index in [1.54, 1.807) is 32.0 Å². The fourth-order valence-electron chi connectivity index (χ4n) is 3.00. The van der Waals surface area contributed by atoms with E-state index >= 15 is 0 Å². The molecule has 0 saturated heterocycles. The molecule has 0 aliphatic carbocycles. The first-order valence-electron chi connectivity index (χ1n) is 9.76. The Morgan fingerprint density at radius 2 is 1.70 bits per heavy atom. The average molecular weight is 429 g/mol. The molecule has 0 atom stereocenters. The van der Waals surface area contributed by atoms with E-state index in [9.17, 15) is 9.59 Å². The molecule has 2 aromatic carbocycles. The van der Waals surface area contributed by atoms with Gasteiger partial charge >= 0.3 is 11.4 Å². The number of rotatable bonds is 7. The number of benzene rings is 2. The largest absolute Gasteiger partial charge is 0.491 e. The smallest absolute Gasteiger partial charge is 0.355 e. The van der Waals surface area contributed by atoms with Crippen LogP contribution in [0.15, 0.2) is 58.1 Å². The molecule has 1 heterocycles. The summed E-state index contributed by atoms with van der Waals surface area (Å²) in [6.07, 6.45) is 0.0647. The monoisotopic (exact) mass is 428 g/mol. The first-order chi connectivity index (χ1) is 14.3. The molecule has 0 saturated carbocycles. The highest BCUT2D eigenvalue weighted by molar-refractivity contribution is 6.31. The van der Waals surface area contributed by atoms with Crippen molar-refractivity contribution >= 4 is 23.2 Å². The Morgan fingerprint density at radius 1 is 1.03 bits per heavy atom. The zero-order chi connectivity index (χ0) is 21.8. The lowest BCUT2D eigenvalue weighted by atomic mass is 10.2. The van der Waals surface area contributed by atoms with Gasteiger partial charge in [-0.05, 0) is 63.6 Å². The number of nitrogens with one attached hydrogen (secondary N) is 1. The standard InChI is InChI=1S/C22H25ClN4O3/c1-14(2)27-21(28)25-20(24-17-9-11-18(12-10-17)30-15(3)4)26(22(27)29)13-16-7-5-6-8-19(16)23/h5-12,14-15H,13H2,1-4H3,(H,24,25,28). The van der Waals surface area contributed by atoms with Gasteiger partial charge in [0.15, 0.2) is 0 Å². The maximum Gasteiger partial charge on any atom is 0.355 e. The summed E-state index contributed by atoms with van der Waals surface area (Å²) in [4.78, 5) is 29.7. The summed E-state index contributed by atoms with van der Waals surface area (Å²) >= 11 is 6.29. The van der Waals surface area contributed by atoms with Gasteiger partial charge in [-0.1, -0.05) is 29.8 Å². The molecule has 8 heteroatoms. The van der Waals surface area contributed by atoms with E-state index in [1.807, 2.05) is 44.2 Å². The van der Waals surface area contributed by atoms with Gasteiger partial charge in [0.1, 0.15) is 5.75 Å². The van der Waals surface area contributed by atoms with Gasteiger partial charge in [-0.3, -0.25) is 4.57 Å². The molecular formula is C22H25ClN4O3. The van der Waals surface area contributed by atoms with Crippen LogP contribution in [0, 0.1) is 0 Å². The Balaban J connectivity index is 2.03. The van der Waals surface area contributed by atoms with Crippen LogP contribution >= 0.6 is 11.6 Å². The van der Waals surface area contributed by atoms with Crippen LogP contribution in [-0.2, 0) is 6.54 Å². The van der Waals surface area contributed by atoms with Gasteiger partial charge in [0.25, 0.3) is 0 Å². The first-order valence-corrected chi connectivity index (χ1v) is 10.1. The minimum atomic E-state index is -0.604. The van der Waals surface area contributed by atoms with E-state index in [0.29, 0.717) is 10.7 Å². The summed E-state index contributed by atoms with van der Waals surface area (Å²) in [7, 11) is 0. The highest BCUT2D eigenvalue weighted by atomic mass is 35.5. The first kappa shape index (κ1) is 21.6. The van der Waals surface area contributed by atoms with Crippen molar-refractivity contribution in [2.45, 2.75) is 46.4 Å². The van der Waals surface area contributed by atoms with Crippen molar-refractivity contribution in [1.29, 1.82) is 0 Å². The number of hydrogen-bond donors (Lipinski definition) is 1. The number of aromatic nitrogens is 3. The lowest BCUT2D eigenvalue weighted by Crippen LogP contribution is -2.43. The van der Waals surface area contributed by atoms with E-state index in [-0.39, 0.29) is 24.6 Å². The molecule has 7 nitrogen and oxygen atoms in total. The molecule has 1 N–H and O–H groups in total. The van der Waals surface area contributed by atoms with Crippen LogP contribution in [0.4, 0.5) is 11.6 Å². The van der Waals surface area contributed by atoms with E-state index in [4.69, 9.17) is 16.3 Å².